The number of ether oxygens (including phenoxy) is 2. The van der Waals surface area contributed by atoms with Crippen LogP contribution in [-0.4, -0.2) is 6.79 Å². The molecule has 0 fully saturated rings. The van der Waals surface area contributed by atoms with E-state index in [0.717, 1.165) is 19.7 Å². The average molecular weight is 128 g/mol. The van der Waals surface area contributed by atoms with Gasteiger partial charge in [0.05, 0.1) is 0 Å². The van der Waals surface area contributed by atoms with Crippen LogP contribution in [0.1, 0.15) is 0 Å². The Bertz CT molecular complexity index is 176. The molecule has 1 aromatic rings. The molecule has 0 aromatic carbocycles. The molecule has 2 heterocycles. The maximum absolute atomic E-state index is 5.05. The van der Waals surface area contributed by atoms with Gasteiger partial charge in [0.1, 0.15) is 0 Å². The zero-order chi connectivity index (χ0) is 5.40. The molecular formula is C5H5O2P. The van der Waals surface area contributed by atoms with E-state index in [0.29, 0.717) is 6.79 Å². The van der Waals surface area contributed by atoms with E-state index in [4.69, 9.17) is 9.47 Å². The van der Waals surface area contributed by atoms with Gasteiger partial charge in [-0.05, 0) is 0 Å². The molecule has 0 N–H and O–H groups in total. The summed E-state index contributed by atoms with van der Waals surface area (Å²) in [4.78, 5) is 0. The van der Waals surface area contributed by atoms with E-state index >= 15 is 0 Å². The van der Waals surface area contributed by atoms with E-state index < -0.39 is 0 Å². The molecule has 0 radical (unpaired) electrons. The highest BCUT2D eigenvalue weighted by atomic mass is 31.0. The Balaban J connectivity index is 2.54. The topological polar surface area (TPSA) is 18.5 Å². The Morgan fingerprint density at radius 1 is 1.25 bits per heavy atom. The van der Waals surface area contributed by atoms with Crippen molar-refractivity contribution in [3.63, 3.8) is 0 Å². The molecule has 3 heteroatoms. The lowest BCUT2D eigenvalue weighted by atomic mass is 10.6. The van der Waals surface area contributed by atoms with Gasteiger partial charge in [-0.15, -0.1) is 8.19 Å². The van der Waals surface area contributed by atoms with Crippen LogP contribution < -0.4 is 9.47 Å². The summed E-state index contributed by atoms with van der Waals surface area (Å²) in [6, 6.07) is 0. The first-order valence-corrected chi connectivity index (χ1v) is 3.54. The molecule has 42 valence electrons. The summed E-state index contributed by atoms with van der Waals surface area (Å²) in [5.74, 6) is 5.96. The maximum Gasteiger partial charge on any atom is 0.231 e. The first kappa shape index (κ1) is 4.28. The first-order valence-electron chi connectivity index (χ1n) is 2.39. The summed E-state index contributed by atoms with van der Waals surface area (Å²) in [5, 5.41) is 0. The molecule has 1 aliphatic rings. The van der Waals surface area contributed by atoms with Gasteiger partial charge in [-0.3, -0.25) is 0 Å². The van der Waals surface area contributed by atoms with Gasteiger partial charge in [-0.25, -0.2) is 0 Å². The molecule has 0 aliphatic carbocycles. The molecular weight excluding hydrogens is 123 g/mol. The van der Waals surface area contributed by atoms with Crippen molar-refractivity contribution in [2.24, 2.45) is 0 Å². The quantitative estimate of drug-likeness (QED) is 0.526. The molecule has 0 atom stereocenters. The predicted molar refractivity (Wildman–Crippen MR) is 32.1 cm³/mol. The summed E-state index contributed by atoms with van der Waals surface area (Å²) < 4.78 is 10.1. The Kier molecular flexibility index (Phi) is 0.762. The van der Waals surface area contributed by atoms with E-state index in [9.17, 15) is 0 Å². The fraction of sp³-hybridized carbons (Fsp3) is 0.200. The van der Waals surface area contributed by atoms with Gasteiger partial charge >= 0.3 is 0 Å². The van der Waals surface area contributed by atoms with Gasteiger partial charge in [0.25, 0.3) is 0 Å². The largest absolute Gasteiger partial charge is 0.453 e. The maximum atomic E-state index is 5.05. The van der Waals surface area contributed by atoms with E-state index in [1.165, 1.54) is 0 Å². The third kappa shape index (κ3) is 0.436. The van der Waals surface area contributed by atoms with Crippen LogP contribution in [0.2, 0.25) is 0 Å². The van der Waals surface area contributed by atoms with Gasteiger partial charge in [0, 0.05) is 11.6 Å². The normalized spacial score (nSPS) is 14.5. The standard InChI is InChI=1S/C5H5O2P/c1-4-5(2-8-1)7-3-6-4/h1-2,8H,3H2. The van der Waals surface area contributed by atoms with E-state index in [-0.39, 0.29) is 0 Å². The number of hydrogen-bond acceptors (Lipinski definition) is 2. The lowest BCUT2D eigenvalue weighted by Gasteiger charge is -1.86. The van der Waals surface area contributed by atoms with Crippen molar-refractivity contribution in [1.29, 1.82) is 0 Å². The smallest absolute Gasteiger partial charge is 0.231 e. The number of hydrogen-bond donors (Lipinski definition) is 0. The Morgan fingerprint density at radius 3 is 2.50 bits per heavy atom. The first-order chi connectivity index (χ1) is 3.97. The average Bonchev–Trinajstić information content (AvgIpc) is 2.15. The van der Waals surface area contributed by atoms with Crippen LogP contribution in [0.4, 0.5) is 0 Å². The third-order valence-corrected chi connectivity index (χ3v) is 1.96. The number of rotatable bonds is 0. The highest BCUT2D eigenvalue weighted by Gasteiger charge is 2.11. The van der Waals surface area contributed by atoms with Gasteiger partial charge in [-0.2, -0.15) is 0 Å². The predicted octanol–water partition coefficient (Wildman–Crippen LogP) is 1.45. The van der Waals surface area contributed by atoms with Gasteiger partial charge in [-0.1, -0.05) is 0 Å². The Hall–Kier alpha value is -0.620. The molecule has 2 rings (SSSR count). The van der Waals surface area contributed by atoms with Gasteiger partial charge < -0.3 is 9.47 Å². The van der Waals surface area contributed by atoms with Crippen LogP contribution in [-0.2, 0) is 0 Å². The van der Waals surface area contributed by atoms with E-state index in [1.807, 2.05) is 11.6 Å². The molecule has 1 aliphatic heterocycles. The van der Waals surface area contributed by atoms with E-state index in [2.05, 4.69) is 0 Å². The van der Waals surface area contributed by atoms with Crippen molar-refractivity contribution in [3.05, 3.63) is 11.6 Å². The third-order valence-electron chi connectivity index (χ3n) is 1.10. The van der Waals surface area contributed by atoms with Crippen molar-refractivity contribution in [2.75, 3.05) is 6.79 Å². The summed E-state index contributed by atoms with van der Waals surface area (Å²) >= 11 is 0. The second-order valence-electron chi connectivity index (χ2n) is 1.59. The monoisotopic (exact) mass is 128 g/mol. The fourth-order valence-corrected chi connectivity index (χ4v) is 1.55. The highest BCUT2D eigenvalue weighted by molar-refractivity contribution is 7.28. The van der Waals surface area contributed by atoms with E-state index in [1.54, 1.807) is 0 Å². The van der Waals surface area contributed by atoms with Crippen LogP contribution in [0.25, 0.3) is 0 Å². The Morgan fingerprint density at radius 2 is 1.88 bits per heavy atom. The lowest BCUT2D eigenvalue weighted by Crippen LogP contribution is -1.93. The SMILES string of the molecule is c1[pH]cc2c1OCO2. The zero-order valence-electron chi connectivity index (χ0n) is 4.18. The molecule has 2 nitrogen and oxygen atoms in total. The molecule has 0 spiro atoms. The summed E-state index contributed by atoms with van der Waals surface area (Å²) in [5.41, 5.74) is 0. The fourth-order valence-electron chi connectivity index (χ4n) is 0.717. The minimum absolute atomic E-state index is 0.405. The second kappa shape index (κ2) is 1.43. The van der Waals surface area contributed by atoms with Crippen LogP contribution in [0.15, 0.2) is 11.6 Å². The van der Waals surface area contributed by atoms with Crippen LogP contribution in [0, 0.1) is 0 Å². The van der Waals surface area contributed by atoms with Gasteiger partial charge in [0.15, 0.2) is 11.5 Å². The molecule has 1 aromatic heterocycles. The van der Waals surface area contributed by atoms with Crippen LogP contribution in [0.5, 0.6) is 11.5 Å². The molecule has 0 unspecified atom stereocenters. The van der Waals surface area contributed by atoms with Crippen molar-refractivity contribution in [2.45, 2.75) is 0 Å². The molecule has 0 saturated carbocycles. The molecule has 0 saturated heterocycles. The molecule has 8 heavy (non-hydrogen) atoms. The van der Waals surface area contributed by atoms with Gasteiger partial charge in [0.2, 0.25) is 6.79 Å². The lowest BCUT2D eigenvalue weighted by molar-refractivity contribution is 0.174. The highest BCUT2D eigenvalue weighted by Crippen LogP contribution is 2.37. The second-order valence-corrected chi connectivity index (χ2v) is 2.50. The zero-order valence-corrected chi connectivity index (χ0v) is 5.18. The Labute approximate surface area is 48.5 Å². The van der Waals surface area contributed by atoms with Crippen molar-refractivity contribution < 1.29 is 9.47 Å². The minimum atomic E-state index is 0.405. The summed E-state index contributed by atoms with van der Waals surface area (Å²) in [6.45, 7) is 0.405. The van der Waals surface area contributed by atoms with Crippen molar-refractivity contribution >= 4 is 8.19 Å². The van der Waals surface area contributed by atoms with Crippen molar-refractivity contribution in [1.82, 2.24) is 0 Å². The number of fused-ring (bicyclic) bond motifs is 1. The summed E-state index contributed by atoms with van der Waals surface area (Å²) in [6.07, 6.45) is 0. The minimum Gasteiger partial charge on any atom is -0.453 e. The van der Waals surface area contributed by atoms with Crippen LogP contribution >= 0.6 is 8.19 Å². The van der Waals surface area contributed by atoms with Crippen molar-refractivity contribution in [3.8, 4) is 11.5 Å². The summed E-state index contributed by atoms with van der Waals surface area (Å²) in [7, 11) is 0.753. The van der Waals surface area contributed by atoms with Crippen LogP contribution in [0.3, 0.4) is 0 Å². The molecule has 0 bridgehead atoms. The molecule has 0 amide bonds.